The average molecular weight is 369 g/mol. The second-order valence-corrected chi connectivity index (χ2v) is 7.78. The van der Waals surface area contributed by atoms with E-state index in [0.29, 0.717) is 32.1 Å². The van der Waals surface area contributed by atoms with Gasteiger partial charge in [-0.2, -0.15) is 0 Å². The van der Waals surface area contributed by atoms with E-state index >= 15 is 0 Å². The van der Waals surface area contributed by atoms with Crippen LogP contribution >= 0.6 is 0 Å². The Morgan fingerprint density at radius 3 is 2.54 bits per heavy atom. The highest BCUT2D eigenvalue weighted by Crippen LogP contribution is 2.37. The molecule has 0 heterocycles. The molecule has 5 atom stereocenters. The van der Waals surface area contributed by atoms with Crippen molar-refractivity contribution in [1.82, 2.24) is 0 Å². The zero-order chi connectivity index (χ0) is 19.6. The third-order valence-electron chi connectivity index (χ3n) is 5.22. The summed E-state index contributed by atoms with van der Waals surface area (Å²) in [5.74, 6) is -1.04. The first-order valence-electron chi connectivity index (χ1n) is 9.91. The molecule has 0 aromatic rings. The van der Waals surface area contributed by atoms with Crippen LogP contribution in [0.5, 0.6) is 0 Å². The summed E-state index contributed by atoms with van der Waals surface area (Å²) >= 11 is 0. The Morgan fingerprint density at radius 1 is 1.15 bits per heavy atom. The molecule has 5 nitrogen and oxygen atoms in total. The molecule has 0 radical (unpaired) electrons. The van der Waals surface area contributed by atoms with Crippen LogP contribution in [-0.4, -0.2) is 44.2 Å². The normalized spacial score (nSPS) is 28.8. The summed E-state index contributed by atoms with van der Waals surface area (Å²) in [5.41, 5.74) is -0.889. The first kappa shape index (κ1) is 22.9. The summed E-state index contributed by atoms with van der Waals surface area (Å²) in [7, 11) is 0. The number of carboxylic acid groups (broad SMARTS) is 1. The number of carbonyl (C=O) groups is 1. The lowest BCUT2D eigenvalue weighted by Gasteiger charge is -2.23. The van der Waals surface area contributed by atoms with Crippen LogP contribution in [-0.2, 0) is 4.79 Å². The summed E-state index contributed by atoms with van der Waals surface area (Å²) in [5, 5.41) is 39.6. The van der Waals surface area contributed by atoms with Gasteiger partial charge in [-0.1, -0.05) is 50.5 Å². The van der Waals surface area contributed by atoms with E-state index in [9.17, 15) is 20.1 Å². The first-order valence-corrected chi connectivity index (χ1v) is 9.91. The van der Waals surface area contributed by atoms with Gasteiger partial charge in [-0.05, 0) is 38.5 Å². The second-order valence-electron chi connectivity index (χ2n) is 7.78. The van der Waals surface area contributed by atoms with Crippen LogP contribution in [0.3, 0.4) is 0 Å². The van der Waals surface area contributed by atoms with Crippen molar-refractivity contribution < 1.29 is 25.2 Å². The Labute approximate surface area is 157 Å². The summed E-state index contributed by atoms with van der Waals surface area (Å²) in [6.45, 7) is 3.91. The first-order chi connectivity index (χ1) is 12.3. The van der Waals surface area contributed by atoms with Gasteiger partial charge < -0.3 is 20.4 Å². The predicted molar refractivity (Wildman–Crippen MR) is 103 cm³/mol. The maximum absolute atomic E-state index is 10.5. The quantitative estimate of drug-likeness (QED) is 0.312. The standard InChI is InChI=1S/C21H36O5/c1-3-4-9-13-21(2,26)14-12-17-16(18(22)15-19(17)23)10-7-5-6-8-11-20(24)25/h5,7,12,14,16-19,22-23,26H,3-4,6,8-11,13,15H2,1-2H3,(H,24,25)/t16-,17-,18-,19-,21-/m1/s1. The Balaban J connectivity index is 2.56. The molecule has 0 unspecified atom stereocenters. The Hall–Kier alpha value is -1.17. The van der Waals surface area contributed by atoms with E-state index in [4.69, 9.17) is 5.11 Å². The number of carboxylic acids is 1. The maximum Gasteiger partial charge on any atom is 0.303 e. The highest BCUT2D eigenvalue weighted by molar-refractivity contribution is 5.66. The van der Waals surface area contributed by atoms with Crippen LogP contribution < -0.4 is 0 Å². The molecular formula is C21H36O5. The molecule has 0 aromatic carbocycles. The number of aliphatic hydroxyl groups is 3. The van der Waals surface area contributed by atoms with Crippen LogP contribution in [0.4, 0.5) is 0 Å². The lowest BCUT2D eigenvalue weighted by atomic mass is 9.88. The van der Waals surface area contributed by atoms with E-state index in [1.165, 1.54) is 0 Å². The fraction of sp³-hybridized carbons (Fsp3) is 0.762. The highest BCUT2D eigenvalue weighted by Gasteiger charge is 2.39. The summed E-state index contributed by atoms with van der Waals surface area (Å²) in [4.78, 5) is 10.5. The van der Waals surface area contributed by atoms with Gasteiger partial charge in [0, 0.05) is 18.8 Å². The molecule has 0 aromatic heterocycles. The SMILES string of the molecule is CCCCC[C@@](C)(O)C=C[C@@H]1[C@@H](CC=CCCCC(=O)O)[C@H](O)C[C@H]1O. The minimum Gasteiger partial charge on any atom is -0.481 e. The van der Waals surface area contributed by atoms with Gasteiger partial charge in [-0.15, -0.1) is 0 Å². The Kier molecular flexibility index (Phi) is 10.1. The third-order valence-corrected chi connectivity index (χ3v) is 5.22. The van der Waals surface area contributed by atoms with E-state index in [1.807, 2.05) is 18.2 Å². The fourth-order valence-electron chi connectivity index (χ4n) is 3.58. The third kappa shape index (κ3) is 8.47. The lowest BCUT2D eigenvalue weighted by molar-refractivity contribution is -0.137. The molecule has 1 saturated carbocycles. The van der Waals surface area contributed by atoms with Gasteiger partial charge >= 0.3 is 5.97 Å². The van der Waals surface area contributed by atoms with Crippen LogP contribution in [0.15, 0.2) is 24.3 Å². The molecular weight excluding hydrogens is 332 g/mol. The smallest absolute Gasteiger partial charge is 0.303 e. The molecule has 0 aliphatic heterocycles. The summed E-state index contributed by atoms with van der Waals surface area (Å²) in [6, 6.07) is 0. The minimum absolute atomic E-state index is 0.0802. The molecule has 150 valence electrons. The summed E-state index contributed by atoms with van der Waals surface area (Å²) in [6.07, 6.45) is 12.7. The van der Waals surface area contributed by atoms with Crippen molar-refractivity contribution in [3.63, 3.8) is 0 Å². The topological polar surface area (TPSA) is 98.0 Å². The van der Waals surface area contributed by atoms with Crippen LogP contribution in [0, 0.1) is 11.8 Å². The average Bonchev–Trinajstić information content (AvgIpc) is 2.82. The van der Waals surface area contributed by atoms with E-state index in [-0.39, 0.29) is 18.3 Å². The van der Waals surface area contributed by atoms with Gasteiger partial charge in [0.1, 0.15) is 0 Å². The molecule has 1 rings (SSSR count). The Morgan fingerprint density at radius 2 is 1.88 bits per heavy atom. The maximum atomic E-state index is 10.5. The van der Waals surface area contributed by atoms with Crippen molar-refractivity contribution in [1.29, 1.82) is 0 Å². The minimum atomic E-state index is -0.889. The zero-order valence-corrected chi connectivity index (χ0v) is 16.2. The monoisotopic (exact) mass is 368 g/mol. The number of allylic oxidation sites excluding steroid dienone is 2. The molecule has 1 fully saturated rings. The molecule has 1 aliphatic rings. The highest BCUT2D eigenvalue weighted by atomic mass is 16.4. The molecule has 0 bridgehead atoms. The van der Waals surface area contributed by atoms with Gasteiger partial charge in [0.2, 0.25) is 0 Å². The van der Waals surface area contributed by atoms with E-state index in [2.05, 4.69) is 6.92 Å². The van der Waals surface area contributed by atoms with Gasteiger partial charge in [0.05, 0.1) is 17.8 Å². The second kappa shape index (κ2) is 11.5. The molecule has 5 heteroatoms. The molecule has 0 amide bonds. The van der Waals surface area contributed by atoms with Crippen molar-refractivity contribution in [3.8, 4) is 0 Å². The van der Waals surface area contributed by atoms with E-state index in [1.54, 1.807) is 13.0 Å². The zero-order valence-electron chi connectivity index (χ0n) is 16.2. The Bertz CT molecular complexity index is 469. The molecule has 0 spiro atoms. The number of rotatable bonds is 12. The molecule has 0 saturated heterocycles. The lowest BCUT2D eigenvalue weighted by Crippen LogP contribution is -2.24. The number of aliphatic carboxylic acids is 1. The van der Waals surface area contributed by atoms with Gasteiger partial charge in [-0.3, -0.25) is 4.79 Å². The van der Waals surface area contributed by atoms with Crippen molar-refractivity contribution in [3.05, 3.63) is 24.3 Å². The van der Waals surface area contributed by atoms with Crippen LogP contribution in [0.1, 0.15) is 71.6 Å². The van der Waals surface area contributed by atoms with Gasteiger partial charge in [0.15, 0.2) is 0 Å². The largest absolute Gasteiger partial charge is 0.481 e. The molecule has 1 aliphatic carbocycles. The van der Waals surface area contributed by atoms with Crippen molar-refractivity contribution >= 4 is 5.97 Å². The number of hydrogen-bond donors (Lipinski definition) is 4. The van der Waals surface area contributed by atoms with Crippen molar-refractivity contribution in [2.45, 2.75) is 89.4 Å². The van der Waals surface area contributed by atoms with Crippen molar-refractivity contribution in [2.24, 2.45) is 11.8 Å². The van der Waals surface area contributed by atoms with Crippen molar-refractivity contribution in [2.75, 3.05) is 0 Å². The van der Waals surface area contributed by atoms with Crippen LogP contribution in [0.25, 0.3) is 0 Å². The number of hydrogen-bond acceptors (Lipinski definition) is 4. The summed E-state index contributed by atoms with van der Waals surface area (Å²) < 4.78 is 0. The fourth-order valence-corrected chi connectivity index (χ4v) is 3.58. The van der Waals surface area contributed by atoms with Gasteiger partial charge in [0.25, 0.3) is 0 Å². The van der Waals surface area contributed by atoms with Gasteiger partial charge in [-0.25, -0.2) is 0 Å². The number of unbranched alkanes of at least 4 members (excludes halogenated alkanes) is 3. The van der Waals surface area contributed by atoms with E-state index < -0.39 is 23.8 Å². The van der Waals surface area contributed by atoms with E-state index in [0.717, 1.165) is 19.3 Å². The van der Waals surface area contributed by atoms with Crippen LogP contribution in [0.2, 0.25) is 0 Å². The number of aliphatic hydroxyl groups excluding tert-OH is 2. The molecule has 26 heavy (non-hydrogen) atoms. The molecule has 4 N–H and O–H groups in total. The predicted octanol–water partition coefficient (Wildman–Crippen LogP) is 3.43.